The van der Waals surface area contributed by atoms with E-state index in [1.54, 1.807) is 6.07 Å². The van der Waals surface area contributed by atoms with Crippen LogP contribution in [0.3, 0.4) is 0 Å². The lowest BCUT2D eigenvalue weighted by Gasteiger charge is -2.12. The predicted octanol–water partition coefficient (Wildman–Crippen LogP) is 1.57. The summed E-state index contributed by atoms with van der Waals surface area (Å²) in [7, 11) is 1.47. The van der Waals surface area contributed by atoms with E-state index in [1.165, 1.54) is 19.2 Å². The Morgan fingerprint density at radius 1 is 1.53 bits per heavy atom. The normalized spacial score (nSPS) is 23.6. The third kappa shape index (κ3) is 2.55. The predicted molar refractivity (Wildman–Crippen MR) is 59.4 cm³/mol. The largest absolute Gasteiger partial charge is 0.497 e. The van der Waals surface area contributed by atoms with E-state index in [2.05, 4.69) is 5.32 Å². The number of carbonyl (C=O) groups is 1. The van der Waals surface area contributed by atoms with Gasteiger partial charge in [0.2, 0.25) is 0 Å². The Kier molecular flexibility index (Phi) is 3.28. The van der Waals surface area contributed by atoms with Gasteiger partial charge in [-0.25, -0.2) is 4.39 Å². The van der Waals surface area contributed by atoms with Crippen molar-refractivity contribution in [2.75, 3.05) is 13.7 Å². The van der Waals surface area contributed by atoms with Crippen molar-refractivity contribution in [1.82, 2.24) is 5.32 Å². The average molecular weight is 239 g/mol. The minimum absolute atomic E-state index is 0.124. The molecule has 2 rings (SSSR count). The van der Waals surface area contributed by atoms with E-state index in [0.717, 1.165) is 5.56 Å². The smallest absolute Gasteiger partial charge is 0.307 e. The Bertz CT molecular complexity index is 436. The van der Waals surface area contributed by atoms with E-state index in [0.29, 0.717) is 18.7 Å². The van der Waals surface area contributed by atoms with Gasteiger partial charge in [-0.2, -0.15) is 0 Å². The van der Waals surface area contributed by atoms with Crippen molar-refractivity contribution in [2.24, 2.45) is 5.92 Å². The average Bonchev–Trinajstić information content (AvgIpc) is 2.77. The lowest BCUT2D eigenvalue weighted by Crippen LogP contribution is -2.17. The first-order valence-corrected chi connectivity index (χ1v) is 5.41. The number of nitrogens with one attached hydrogen (secondary N) is 1. The SMILES string of the molecule is COc1cc(F)cc(C2CC(C(=O)O)CN2)c1. The minimum atomic E-state index is -0.816. The Morgan fingerprint density at radius 3 is 2.88 bits per heavy atom. The molecule has 1 aliphatic heterocycles. The van der Waals surface area contributed by atoms with E-state index in [1.807, 2.05) is 0 Å². The van der Waals surface area contributed by atoms with Gasteiger partial charge >= 0.3 is 5.97 Å². The molecule has 1 fully saturated rings. The molecule has 0 saturated carbocycles. The Balaban J connectivity index is 2.18. The minimum Gasteiger partial charge on any atom is -0.497 e. The maximum Gasteiger partial charge on any atom is 0.307 e. The van der Waals surface area contributed by atoms with Crippen molar-refractivity contribution in [1.29, 1.82) is 0 Å². The van der Waals surface area contributed by atoms with Crippen LogP contribution in [0.4, 0.5) is 4.39 Å². The molecule has 2 unspecified atom stereocenters. The van der Waals surface area contributed by atoms with Gasteiger partial charge in [0.05, 0.1) is 13.0 Å². The van der Waals surface area contributed by atoms with Gasteiger partial charge in [0, 0.05) is 18.7 Å². The summed E-state index contributed by atoms with van der Waals surface area (Å²) in [4.78, 5) is 10.8. The van der Waals surface area contributed by atoms with Gasteiger partial charge in [0.1, 0.15) is 11.6 Å². The molecule has 0 bridgehead atoms. The van der Waals surface area contributed by atoms with Gasteiger partial charge in [-0.15, -0.1) is 0 Å². The lowest BCUT2D eigenvalue weighted by molar-refractivity contribution is -0.141. The maximum absolute atomic E-state index is 13.3. The molecule has 1 aliphatic rings. The lowest BCUT2D eigenvalue weighted by atomic mass is 10.00. The molecule has 17 heavy (non-hydrogen) atoms. The Morgan fingerprint density at radius 2 is 2.29 bits per heavy atom. The van der Waals surface area contributed by atoms with Crippen molar-refractivity contribution in [3.8, 4) is 5.75 Å². The number of halogens is 1. The first-order chi connectivity index (χ1) is 8.10. The third-order valence-corrected chi connectivity index (χ3v) is 3.01. The second-order valence-electron chi connectivity index (χ2n) is 4.16. The second kappa shape index (κ2) is 4.71. The van der Waals surface area contributed by atoms with Gasteiger partial charge in [0.15, 0.2) is 0 Å². The highest BCUT2D eigenvalue weighted by atomic mass is 19.1. The number of hydrogen-bond acceptors (Lipinski definition) is 3. The Hall–Kier alpha value is -1.62. The molecule has 1 aromatic rings. The first kappa shape index (κ1) is 11.9. The molecule has 1 heterocycles. The summed E-state index contributed by atoms with van der Waals surface area (Å²) in [6, 6.07) is 4.31. The number of carboxylic acid groups (broad SMARTS) is 1. The molecule has 4 nitrogen and oxygen atoms in total. The van der Waals surface area contributed by atoms with Gasteiger partial charge in [-0.3, -0.25) is 4.79 Å². The number of hydrogen-bond donors (Lipinski definition) is 2. The third-order valence-electron chi connectivity index (χ3n) is 3.01. The highest BCUT2D eigenvalue weighted by Gasteiger charge is 2.30. The van der Waals surface area contributed by atoms with Crippen LogP contribution >= 0.6 is 0 Å². The topological polar surface area (TPSA) is 58.6 Å². The van der Waals surface area contributed by atoms with E-state index >= 15 is 0 Å². The molecule has 0 aromatic heterocycles. The number of carboxylic acids is 1. The summed E-state index contributed by atoms with van der Waals surface area (Å²) >= 11 is 0. The van der Waals surface area contributed by atoms with Crippen molar-refractivity contribution in [2.45, 2.75) is 12.5 Å². The number of methoxy groups -OCH3 is 1. The van der Waals surface area contributed by atoms with Gasteiger partial charge < -0.3 is 15.2 Å². The number of aliphatic carboxylic acids is 1. The van der Waals surface area contributed by atoms with Crippen LogP contribution in [0.1, 0.15) is 18.0 Å². The van der Waals surface area contributed by atoms with Crippen LogP contribution < -0.4 is 10.1 Å². The summed E-state index contributed by atoms with van der Waals surface area (Å²) in [5.74, 6) is -1.15. The summed E-state index contributed by atoms with van der Waals surface area (Å²) in [5, 5.41) is 12.0. The van der Waals surface area contributed by atoms with Crippen LogP contribution in [0.15, 0.2) is 18.2 Å². The fourth-order valence-electron chi connectivity index (χ4n) is 2.08. The molecular formula is C12H14FNO3. The molecule has 0 radical (unpaired) electrons. The molecule has 1 aromatic carbocycles. The molecule has 0 spiro atoms. The molecule has 2 atom stereocenters. The monoisotopic (exact) mass is 239 g/mol. The van der Waals surface area contributed by atoms with Crippen molar-refractivity contribution in [3.63, 3.8) is 0 Å². The highest BCUT2D eigenvalue weighted by Crippen LogP contribution is 2.30. The highest BCUT2D eigenvalue weighted by molar-refractivity contribution is 5.70. The molecule has 92 valence electrons. The quantitative estimate of drug-likeness (QED) is 0.840. The molecule has 0 aliphatic carbocycles. The molecular weight excluding hydrogens is 225 g/mol. The maximum atomic E-state index is 13.3. The number of rotatable bonds is 3. The van der Waals surface area contributed by atoms with Crippen LogP contribution in [0, 0.1) is 11.7 Å². The standard InChI is InChI=1S/C12H14FNO3/c1-17-10-3-7(2-9(13)5-10)11-4-8(6-14-11)12(15)16/h2-3,5,8,11,14H,4,6H2,1H3,(H,15,16). The van der Waals surface area contributed by atoms with Crippen molar-refractivity contribution >= 4 is 5.97 Å². The molecule has 5 heteroatoms. The molecule has 2 N–H and O–H groups in total. The van der Waals surface area contributed by atoms with Gasteiger partial charge in [-0.05, 0) is 24.1 Å². The first-order valence-electron chi connectivity index (χ1n) is 5.41. The zero-order valence-corrected chi connectivity index (χ0v) is 9.44. The van der Waals surface area contributed by atoms with Gasteiger partial charge in [0.25, 0.3) is 0 Å². The summed E-state index contributed by atoms with van der Waals surface area (Å²) in [6.07, 6.45) is 0.474. The van der Waals surface area contributed by atoms with Crippen molar-refractivity contribution in [3.05, 3.63) is 29.6 Å². The number of benzene rings is 1. The zero-order valence-electron chi connectivity index (χ0n) is 9.44. The van der Waals surface area contributed by atoms with E-state index in [4.69, 9.17) is 9.84 Å². The summed E-state index contributed by atoms with van der Waals surface area (Å²) in [6.45, 7) is 0.416. The van der Waals surface area contributed by atoms with Gasteiger partial charge in [-0.1, -0.05) is 0 Å². The Labute approximate surface area is 98.4 Å². The van der Waals surface area contributed by atoms with E-state index < -0.39 is 11.9 Å². The van der Waals surface area contributed by atoms with Crippen LogP contribution in [-0.2, 0) is 4.79 Å². The summed E-state index contributed by atoms with van der Waals surface area (Å²) < 4.78 is 18.3. The fourth-order valence-corrected chi connectivity index (χ4v) is 2.08. The van der Waals surface area contributed by atoms with Crippen LogP contribution in [-0.4, -0.2) is 24.7 Å². The summed E-state index contributed by atoms with van der Waals surface area (Å²) in [5.41, 5.74) is 0.727. The van der Waals surface area contributed by atoms with E-state index in [-0.39, 0.29) is 11.9 Å². The van der Waals surface area contributed by atoms with Crippen LogP contribution in [0.25, 0.3) is 0 Å². The van der Waals surface area contributed by atoms with Crippen LogP contribution in [0.5, 0.6) is 5.75 Å². The van der Waals surface area contributed by atoms with Crippen LogP contribution in [0.2, 0.25) is 0 Å². The number of ether oxygens (including phenoxy) is 1. The van der Waals surface area contributed by atoms with Crippen molar-refractivity contribution < 1.29 is 19.0 Å². The zero-order chi connectivity index (χ0) is 12.4. The molecule has 0 amide bonds. The fraction of sp³-hybridized carbons (Fsp3) is 0.417. The molecule has 1 saturated heterocycles. The second-order valence-corrected chi connectivity index (χ2v) is 4.16. The van der Waals surface area contributed by atoms with E-state index in [9.17, 15) is 9.18 Å².